The number of amides is 1. The maximum absolute atomic E-state index is 13.8. The Labute approximate surface area is 242 Å². The molecule has 3 aromatic rings. The number of thiazole rings is 1. The third kappa shape index (κ3) is 6.81. The summed E-state index contributed by atoms with van der Waals surface area (Å²) in [6.07, 6.45) is 2.03. The van der Waals surface area contributed by atoms with Gasteiger partial charge in [0.2, 0.25) is 5.91 Å². The van der Waals surface area contributed by atoms with E-state index in [1.807, 2.05) is 0 Å². The number of aromatic nitrogens is 1. The third-order valence-electron chi connectivity index (χ3n) is 6.91. The fourth-order valence-electron chi connectivity index (χ4n) is 4.71. The number of hydrogen-bond donors (Lipinski definition) is 0. The van der Waals surface area contributed by atoms with Crippen molar-refractivity contribution in [1.82, 2.24) is 14.2 Å². The summed E-state index contributed by atoms with van der Waals surface area (Å²) < 4.78 is 57.9. The van der Waals surface area contributed by atoms with Crippen molar-refractivity contribution in [2.45, 2.75) is 21.9 Å². The highest BCUT2D eigenvalue weighted by molar-refractivity contribution is 7.91. The minimum Gasteiger partial charge on any atom is -0.379 e. The van der Waals surface area contributed by atoms with Crippen molar-refractivity contribution in [3.8, 4) is 0 Å². The number of anilines is 1. The van der Waals surface area contributed by atoms with E-state index >= 15 is 0 Å². The molecule has 214 valence electrons. The van der Waals surface area contributed by atoms with Crippen LogP contribution in [0, 0.1) is 5.92 Å². The molecular weight excluding hydrogens is 604 g/mol. The number of carbonyl (C=O) groups is 1. The Balaban J connectivity index is 0.00000353. The van der Waals surface area contributed by atoms with Crippen LogP contribution in [-0.4, -0.2) is 95.7 Å². The summed E-state index contributed by atoms with van der Waals surface area (Å²) >= 11 is 2.49. The molecule has 2 fully saturated rings. The highest BCUT2D eigenvalue weighted by Crippen LogP contribution is 2.33. The molecule has 15 heteroatoms. The van der Waals surface area contributed by atoms with Gasteiger partial charge in [0.25, 0.3) is 10.0 Å². The molecule has 2 saturated heterocycles. The number of ether oxygens (including phenoxy) is 1. The predicted octanol–water partition coefficient (Wildman–Crippen LogP) is 2.95. The fraction of sp³-hybridized carbons (Fsp3) is 0.500. The fourth-order valence-corrected chi connectivity index (χ4v) is 9.08. The van der Waals surface area contributed by atoms with Crippen LogP contribution in [0.15, 0.2) is 44.8 Å². The molecule has 0 unspecified atom stereocenters. The molecule has 4 heterocycles. The highest BCUT2D eigenvalue weighted by atomic mass is 35.5. The Kier molecular flexibility index (Phi) is 9.69. The summed E-state index contributed by atoms with van der Waals surface area (Å²) in [6, 6.07) is 8.13. The van der Waals surface area contributed by atoms with Gasteiger partial charge in [-0.05, 0) is 42.5 Å². The number of rotatable bonds is 8. The Morgan fingerprint density at radius 2 is 1.82 bits per heavy atom. The van der Waals surface area contributed by atoms with Gasteiger partial charge < -0.3 is 4.74 Å². The Morgan fingerprint density at radius 3 is 2.46 bits per heavy atom. The average Bonchev–Trinajstić information content (AvgIpc) is 3.59. The molecule has 10 nitrogen and oxygen atoms in total. The van der Waals surface area contributed by atoms with Crippen LogP contribution >= 0.6 is 35.1 Å². The van der Waals surface area contributed by atoms with Crippen LogP contribution in [0.25, 0.3) is 10.2 Å². The quantitative estimate of drug-likeness (QED) is 0.371. The molecule has 0 N–H and O–H groups in total. The zero-order chi connectivity index (χ0) is 26.9. The molecule has 0 spiro atoms. The number of sulfonamides is 1. The molecule has 0 aliphatic carbocycles. The first-order valence-electron chi connectivity index (χ1n) is 12.4. The van der Waals surface area contributed by atoms with Gasteiger partial charge in [-0.25, -0.2) is 21.8 Å². The van der Waals surface area contributed by atoms with Gasteiger partial charge >= 0.3 is 0 Å². The lowest BCUT2D eigenvalue weighted by molar-refractivity contribution is -0.123. The highest BCUT2D eigenvalue weighted by Gasteiger charge is 2.35. The molecule has 5 rings (SSSR count). The van der Waals surface area contributed by atoms with Crippen LogP contribution in [0.3, 0.4) is 0 Å². The molecule has 39 heavy (non-hydrogen) atoms. The van der Waals surface area contributed by atoms with E-state index in [4.69, 9.17) is 4.74 Å². The Bertz CT molecular complexity index is 1500. The first-order valence-corrected chi connectivity index (χ1v) is 17.4. The third-order valence-corrected chi connectivity index (χ3v) is 12.3. The van der Waals surface area contributed by atoms with E-state index in [2.05, 4.69) is 9.88 Å². The Hall–Kier alpha value is -1.65. The van der Waals surface area contributed by atoms with Crippen LogP contribution in [0.5, 0.6) is 0 Å². The summed E-state index contributed by atoms with van der Waals surface area (Å²) in [7, 11) is -6.92. The number of fused-ring (bicyclic) bond motifs is 1. The van der Waals surface area contributed by atoms with Crippen molar-refractivity contribution in [1.29, 1.82) is 0 Å². The molecule has 0 radical (unpaired) electrons. The summed E-state index contributed by atoms with van der Waals surface area (Å²) in [5.74, 6) is -0.401. The van der Waals surface area contributed by atoms with E-state index in [0.29, 0.717) is 58.7 Å². The van der Waals surface area contributed by atoms with Gasteiger partial charge in [0.15, 0.2) is 15.0 Å². The lowest BCUT2D eigenvalue weighted by Gasteiger charge is -2.34. The van der Waals surface area contributed by atoms with E-state index in [0.717, 1.165) is 13.1 Å². The van der Waals surface area contributed by atoms with Gasteiger partial charge in [-0.1, -0.05) is 17.4 Å². The molecule has 0 atom stereocenters. The van der Waals surface area contributed by atoms with E-state index in [9.17, 15) is 21.6 Å². The second-order valence-corrected chi connectivity index (χ2v) is 15.6. The smallest absolute Gasteiger partial charge is 0.252 e. The van der Waals surface area contributed by atoms with Crippen LogP contribution < -0.4 is 4.90 Å². The number of hydrogen-bond acceptors (Lipinski definition) is 10. The summed E-state index contributed by atoms with van der Waals surface area (Å²) in [5.41, 5.74) is 0.637. The van der Waals surface area contributed by atoms with Crippen molar-refractivity contribution in [2.75, 3.05) is 63.6 Å². The van der Waals surface area contributed by atoms with Crippen LogP contribution in [0.1, 0.15) is 12.8 Å². The number of thiophene rings is 1. The van der Waals surface area contributed by atoms with Gasteiger partial charge in [-0.3, -0.25) is 14.6 Å². The van der Waals surface area contributed by atoms with Crippen LogP contribution in [-0.2, 0) is 29.4 Å². The molecule has 2 aliphatic heterocycles. The van der Waals surface area contributed by atoms with E-state index in [1.165, 1.54) is 39.3 Å². The first-order chi connectivity index (χ1) is 18.1. The maximum atomic E-state index is 13.8. The largest absolute Gasteiger partial charge is 0.379 e. The molecule has 0 saturated carbocycles. The maximum Gasteiger partial charge on any atom is 0.252 e. The minimum absolute atomic E-state index is 0. The molecule has 1 aromatic carbocycles. The van der Waals surface area contributed by atoms with Crippen molar-refractivity contribution >= 4 is 76.2 Å². The topological polar surface area (TPSA) is 117 Å². The lowest BCUT2D eigenvalue weighted by atomic mass is 9.96. The summed E-state index contributed by atoms with van der Waals surface area (Å²) in [6.45, 7) is 4.55. The monoisotopic (exact) mass is 634 g/mol. The van der Waals surface area contributed by atoms with E-state index in [1.54, 1.807) is 34.5 Å². The zero-order valence-corrected chi connectivity index (χ0v) is 25.5. The number of piperidine rings is 1. The Morgan fingerprint density at radius 1 is 1.10 bits per heavy atom. The standard InChI is InChI=1S/C24H30N4O6S4.ClH/c1-37(30,31)19-4-5-20-21(17-19)36-24(25-20)28(11-10-26-12-14-34-15-13-26)23(29)18-6-8-27(9-7-18)38(32,33)22-3-2-16-35-22;/h2-5,16-18H,6-15H2,1H3;1H. The number of sulfone groups is 1. The second kappa shape index (κ2) is 12.5. The van der Waals surface area contributed by atoms with Crippen molar-refractivity contribution in [3.63, 3.8) is 0 Å². The number of carbonyl (C=O) groups excluding carboxylic acids is 1. The SMILES string of the molecule is CS(=O)(=O)c1ccc2nc(N(CCN3CCOCC3)C(=O)C3CCN(S(=O)(=O)c4cccs4)CC3)sc2c1.Cl. The van der Waals surface area contributed by atoms with Gasteiger partial charge in [-0.15, -0.1) is 23.7 Å². The summed E-state index contributed by atoms with van der Waals surface area (Å²) in [5, 5.41) is 2.27. The van der Waals surface area contributed by atoms with E-state index < -0.39 is 19.9 Å². The first kappa shape index (κ1) is 30.3. The molecule has 2 aliphatic rings. The van der Waals surface area contributed by atoms with Crippen LogP contribution in [0.4, 0.5) is 5.13 Å². The van der Waals surface area contributed by atoms with Crippen molar-refractivity contribution in [2.24, 2.45) is 5.92 Å². The van der Waals surface area contributed by atoms with Crippen LogP contribution in [0.2, 0.25) is 0 Å². The number of morpholine rings is 1. The van der Waals surface area contributed by atoms with Gasteiger partial charge in [0, 0.05) is 51.4 Å². The average molecular weight is 635 g/mol. The predicted molar refractivity (Wildman–Crippen MR) is 155 cm³/mol. The van der Waals surface area contributed by atoms with Gasteiger partial charge in [0.1, 0.15) is 4.21 Å². The molecule has 2 aromatic heterocycles. The number of nitrogens with zero attached hydrogens (tertiary/aromatic N) is 4. The molecule has 0 bridgehead atoms. The summed E-state index contributed by atoms with van der Waals surface area (Å²) in [4.78, 5) is 22.7. The normalized spacial score (nSPS) is 18.2. The zero-order valence-electron chi connectivity index (χ0n) is 21.4. The van der Waals surface area contributed by atoms with Crippen molar-refractivity contribution < 1.29 is 26.4 Å². The number of halogens is 1. The van der Waals surface area contributed by atoms with E-state index in [-0.39, 0.29) is 42.2 Å². The number of benzene rings is 1. The van der Waals surface area contributed by atoms with Crippen molar-refractivity contribution in [3.05, 3.63) is 35.7 Å². The second-order valence-electron chi connectivity index (χ2n) is 9.45. The van der Waals surface area contributed by atoms with Gasteiger partial charge in [0.05, 0.1) is 28.3 Å². The molecule has 1 amide bonds. The lowest BCUT2D eigenvalue weighted by Crippen LogP contribution is -2.47. The minimum atomic E-state index is -3.55. The van der Waals surface area contributed by atoms with Gasteiger partial charge in [-0.2, -0.15) is 4.31 Å². The molecular formula is C24H31ClN4O6S4.